The number of ether oxygens (including phenoxy) is 1. The molecule has 36 heavy (non-hydrogen) atoms. The normalized spacial score (nSPS) is 16.7. The molecule has 6 nitrogen and oxygen atoms in total. The number of nitrogens with zero attached hydrogens (tertiary/aromatic N) is 4. The average Bonchev–Trinajstić information content (AvgIpc) is 2.96. The Kier molecular flexibility index (Phi) is 8.13. The fourth-order valence-electron chi connectivity index (χ4n) is 5.14. The smallest absolute Gasteiger partial charge is 0.253 e. The summed E-state index contributed by atoms with van der Waals surface area (Å²) >= 11 is 0. The van der Waals surface area contributed by atoms with Crippen molar-refractivity contribution in [2.24, 2.45) is 0 Å². The van der Waals surface area contributed by atoms with E-state index in [0.29, 0.717) is 13.1 Å². The summed E-state index contributed by atoms with van der Waals surface area (Å²) in [5.41, 5.74) is 4.02. The van der Waals surface area contributed by atoms with Crippen molar-refractivity contribution in [2.75, 3.05) is 57.3 Å². The number of amides is 1. The Labute approximate surface area is 214 Å². The van der Waals surface area contributed by atoms with Gasteiger partial charge in [0.2, 0.25) is 0 Å². The van der Waals surface area contributed by atoms with Crippen LogP contribution in [0.3, 0.4) is 0 Å². The molecule has 3 heterocycles. The van der Waals surface area contributed by atoms with Gasteiger partial charge < -0.3 is 19.4 Å². The molecule has 0 unspecified atom stereocenters. The predicted molar refractivity (Wildman–Crippen MR) is 145 cm³/mol. The summed E-state index contributed by atoms with van der Waals surface area (Å²) in [6.45, 7) is 7.46. The molecular weight excluding hydrogens is 448 g/mol. The van der Waals surface area contributed by atoms with Crippen LogP contribution in [-0.2, 0) is 0 Å². The Balaban J connectivity index is 1.09. The molecule has 0 radical (unpaired) electrons. The number of pyridine rings is 1. The molecule has 0 spiro atoms. The molecule has 5 rings (SSSR count). The SMILES string of the molecule is O=C(c1cccc(-c2ccncc2)c1)N1CCN(c2ccc(OCCCN3CCCCC3)cc2)CC1. The van der Waals surface area contributed by atoms with Gasteiger partial charge in [-0.15, -0.1) is 0 Å². The Bertz CT molecular complexity index is 1110. The Hall–Kier alpha value is -3.38. The summed E-state index contributed by atoms with van der Waals surface area (Å²) in [7, 11) is 0. The third-order valence-corrected chi connectivity index (χ3v) is 7.23. The minimum absolute atomic E-state index is 0.0962. The van der Waals surface area contributed by atoms with E-state index in [4.69, 9.17) is 4.74 Å². The number of aromatic nitrogens is 1. The zero-order valence-corrected chi connectivity index (χ0v) is 21.0. The maximum Gasteiger partial charge on any atom is 0.253 e. The van der Waals surface area contributed by atoms with Gasteiger partial charge in [0, 0.05) is 56.4 Å². The highest BCUT2D eigenvalue weighted by Crippen LogP contribution is 2.23. The van der Waals surface area contributed by atoms with E-state index in [-0.39, 0.29) is 5.91 Å². The van der Waals surface area contributed by atoms with Crippen LogP contribution in [0.5, 0.6) is 5.75 Å². The molecule has 2 saturated heterocycles. The molecule has 2 fully saturated rings. The van der Waals surface area contributed by atoms with Crippen LogP contribution in [0.15, 0.2) is 73.1 Å². The number of carbonyl (C=O) groups excluding carboxylic acids is 1. The van der Waals surface area contributed by atoms with E-state index in [9.17, 15) is 4.79 Å². The van der Waals surface area contributed by atoms with Crippen LogP contribution in [0.25, 0.3) is 11.1 Å². The highest BCUT2D eigenvalue weighted by atomic mass is 16.5. The number of benzene rings is 2. The summed E-state index contributed by atoms with van der Waals surface area (Å²) in [6, 6.07) is 20.2. The standard InChI is InChI=1S/C30H36N4O2/c35-30(27-7-4-6-26(24-27)25-12-14-31-15-13-25)34-21-19-33(20-22-34)28-8-10-29(11-9-28)36-23-5-18-32-16-2-1-3-17-32/h4,6-15,24H,1-3,5,16-23H2. The topological polar surface area (TPSA) is 48.9 Å². The van der Waals surface area contributed by atoms with Crippen LogP contribution in [0, 0.1) is 0 Å². The summed E-state index contributed by atoms with van der Waals surface area (Å²) in [6.07, 6.45) is 8.68. The van der Waals surface area contributed by atoms with E-state index in [1.54, 1.807) is 12.4 Å². The van der Waals surface area contributed by atoms with Crippen molar-refractivity contribution in [1.82, 2.24) is 14.8 Å². The van der Waals surface area contributed by atoms with Crippen LogP contribution >= 0.6 is 0 Å². The number of piperazine rings is 1. The first-order valence-electron chi connectivity index (χ1n) is 13.3. The minimum atomic E-state index is 0.0962. The van der Waals surface area contributed by atoms with E-state index in [1.165, 1.54) is 38.0 Å². The molecule has 1 amide bonds. The molecule has 188 valence electrons. The second kappa shape index (κ2) is 12.0. The largest absolute Gasteiger partial charge is 0.494 e. The summed E-state index contributed by atoms with van der Waals surface area (Å²) in [4.78, 5) is 24.1. The molecule has 2 aliphatic rings. The first-order chi connectivity index (χ1) is 17.8. The number of rotatable bonds is 8. The summed E-state index contributed by atoms with van der Waals surface area (Å²) in [5.74, 6) is 1.03. The summed E-state index contributed by atoms with van der Waals surface area (Å²) < 4.78 is 5.98. The molecule has 6 heteroatoms. The quantitative estimate of drug-likeness (QED) is 0.423. The Morgan fingerprint density at radius 2 is 1.56 bits per heavy atom. The highest BCUT2D eigenvalue weighted by Gasteiger charge is 2.22. The van der Waals surface area contributed by atoms with Gasteiger partial charge in [0.1, 0.15) is 5.75 Å². The maximum atomic E-state index is 13.2. The van der Waals surface area contributed by atoms with Crippen molar-refractivity contribution in [3.8, 4) is 16.9 Å². The van der Waals surface area contributed by atoms with Crippen molar-refractivity contribution in [1.29, 1.82) is 0 Å². The first kappa shape index (κ1) is 24.3. The van der Waals surface area contributed by atoms with Gasteiger partial charge in [-0.25, -0.2) is 0 Å². The average molecular weight is 485 g/mol. The molecule has 0 atom stereocenters. The van der Waals surface area contributed by atoms with Gasteiger partial charge in [-0.1, -0.05) is 18.6 Å². The summed E-state index contributed by atoms with van der Waals surface area (Å²) in [5, 5.41) is 0. The fourth-order valence-corrected chi connectivity index (χ4v) is 5.14. The van der Waals surface area contributed by atoms with Crippen molar-refractivity contribution in [3.63, 3.8) is 0 Å². The lowest BCUT2D eigenvalue weighted by Crippen LogP contribution is -2.48. The Morgan fingerprint density at radius 3 is 2.31 bits per heavy atom. The first-order valence-corrected chi connectivity index (χ1v) is 13.3. The molecule has 2 aliphatic heterocycles. The van der Waals surface area contributed by atoms with Gasteiger partial charge in [0.05, 0.1) is 6.61 Å². The molecule has 0 N–H and O–H groups in total. The monoisotopic (exact) mass is 484 g/mol. The number of piperidine rings is 1. The number of hydrogen-bond donors (Lipinski definition) is 0. The second-order valence-corrected chi connectivity index (χ2v) is 9.69. The lowest BCUT2D eigenvalue weighted by Gasteiger charge is -2.36. The predicted octanol–water partition coefficient (Wildman–Crippen LogP) is 4.97. The Morgan fingerprint density at radius 1 is 0.806 bits per heavy atom. The van der Waals surface area contributed by atoms with Crippen LogP contribution in [0.4, 0.5) is 5.69 Å². The van der Waals surface area contributed by atoms with E-state index in [0.717, 1.165) is 55.1 Å². The lowest BCUT2D eigenvalue weighted by atomic mass is 10.0. The van der Waals surface area contributed by atoms with Gasteiger partial charge in [0.15, 0.2) is 0 Å². The molecule has 0 aliphatic carbocycles. The van der Waals surface area contributed by atoms with Gasteiger partial charge >= 0.3 is 0 Å². The molecule has 2 aromatic carbocycles. The van der Waals surface area contributed by atoms with Crippen molar-refractivity contribution in [2.45, 2.75) is 25.7 Å². The van der Waals surface area contributed by atoms with E-state index in [1.807, 2.05) is 41.3 Å². The van der Waals surface area contributed by atoms with Crippen molar-refractivity contribution >= 4 is 11.6 Å². The van der Waals surface area contributed by atoms with Crippen LogP contribution in [0.1, 0.15) is 36.0 Å². The lowest BCUT2D eigenvalue weighted by molar-refractivity contribution is 0.0747. The molecule has 3 aromatic rings. The van der Waals surface area contributed by atoms with Gasteiger partial charge in [-0.3, -0.25) is 9.78 Å². The number of anilines is 1. The van der Waals surface area contributed by atoms with Crippen molar-refractivity contribution < 1.29 is 9.53 Å². The van der Waals surface area contributed by atoms with E-state index in [2.05, 4.69) is 39.0 Å². The second-order valence-electron chi connectivity index (χ2n) is 9.69. The zero-order valence-electron chi connectivity index (χ0n) is 21.0. The van der Waals surface area contributed by atoms with Gasteiger partial charge in [-0.2, -0.15) is 0 Å². The van der Waals surface area contributed by atoms with Crippen LogP contribution in [0.2, 0.25) is 0 Å². The van der Waals surface area contributed by atoms with Crippen LogP contribution in [-0.4, -0.2) is 73.1 Å². The molecule has 1 aromatic heterocycles. The third-order valence-electron chi connectivity index (χ3n) is 7.23. The maximum absolute atomic E-state index is 13.2. The van der Waals surface area contributed by atoms with E-state index >= 15 is 0 Å². The van der Waals surface area contributed by atoms with E-state index < -0.39 is 0 Å². The van der Waals surface area contributed by atoms with Crippen molar-refractivity contribution in [3.05, 3.63) is 78.6 Å². The molecule has 0 bridgehead atoms. The molecular formula is C30H36N4O2. The van der Waals surface area contributed by atoms with Gasteiger partial charge in [-0.05, 0) is 92.0 Å². The zero-order chi connectivity index (χ0) is 24.6. The minimum Gasteiger partial charge on any atom is -0.494 e. The molecule has 0 saturated carbocycles. The number of hydrogen-bond acceptors (Lipinski definition) is 5. The van der Waals surface area contributed by atoms with Gasteiger partial charge in [0.25, 0.3) is 5.91 Å². The highest BCUT2D eigenvalue weighted by molar-refractivity contribution is 5.95. The van der Waals surface area contributed by atoms with Crippen LogP contribution < -0.4 is 9.64 Å². The fraction of sp³-hybridized carbons (Fsp3) is 0.400. The third kappa shape index (κ3) is 6.24. The number of likely N-dealkylation sites (tertiary alicyclic amines) is 1. The number of carbonyl (C=O) groups is 1.